The molecule has 4 rings (SSSR count). The van der Waals surface area contributed by atoms with Gasteiger partial charge in [-0.2, -0.15) is 5.10 Å². The number of unbranched alkanes of at least 4 members (excludes halogenated alkanes) is 1. The molecular formula is C24H30N6O3. The highest BCUT2D eigenvalue weighted by Crippen LogP contribution is 2.40. The van der Waals surface area contributed by atoms with E-state index in [2.05, 4.69) is 33.8 Å². The lowest BCUT2D eigenvalue weighted by molar-refractivity contribution is 0.0696. The molecule has 0 radical (unpaired) electrons. The fourth-order valence-corrected chi connectivity index (χ4v) is 4.52. The van der Waals surface area contributed by atoms with Crippen molar-refractivity contribution >= 4 is 34.5 Å². The van der Waals surface area contributed by atoms with Crippen molar-refractivity contribution in [3.8, 4) is 0 Å². The van der Waals surface area contributed by atoms with Gasteiger partial charge in [-0.3, -0.25) is 14.8 Å². The number of aromatic nitrogens is 4. The van der Waals surface area contributed by atoms with Crippen molar-refractivity contribution in [1.29, 1.82) is 0 Å². The molecule has 0 bridgehead atoms. The Hall–Kier alpha value is -3.62. The lowest BCUT2D eigenvalue weighted by Gasteiger charge is -2.36. The van der Waals surface area contributed by atoms with E-state index in [1.54, 1.807) is 22.9 Å². The molecule has 3 aromatic rings. The summed E-state index contributed by atoms with van der Waals surface area (Å²) in [4.78, 5) is 31.9. The lowest BCUT2D eigenvalue weighted by atomic mass is 10.0. The SMILES string of the molecule is C=CC[C@H]1CN(CCCC)c2cc(C(=O)O)cc3nc(NC(=O)c4cc(C)nn4CC)n1c23. The molecule has 2 N–H and O–H groups in total. The topological polar surface area (TPSA) is 105 Å². The fourth-order valence-electron chi connectivity index (χ4n) is 4.52. The van der Waals surface area contributed by atoms with Crippen LogP contribution >= 0.6 is 0 Å². The average Bonchev–Trinajstić information content (AvgIpc) is 3.35. The van der Waals surface area contributed by atoms with Crippen LogP contribution in [-0.4, -0.2) is 49.4 Å². The van der Waals surface area contributed by atoms with Gasteiger partial charge in [0.05, 0.1) is 34.0 Å². The zero-order valence-electron chi connectivity index (χ0n) is 19.3. The van der Waals surface area contributed by atoms with E-state index in [1.807, 2.05) is 24.5 Å². The number of nitrogens with zero attached hydrogens (tertiary/aromatic N) is 5. The molecule has 9 nitrogen and oxygen atoms in total. The summed E-state index contributed by atoms with van der Waals surface area (Å²) in [5.41, 5.74) is 3.63. The average molecular weight is 451 g/mol. The Labute approximate surface area is 192 Å². The predicted octanol–water partition coefficient (Wildman–Crippen LogP) is 4.25. The number of carboxylic acid groups (broad SMARTS) is 1. The van der Waals surface area contributed by atoms with Gasteiger partial charge in [0.2, 0.25) is 5.95 Å². The van der Waals surface area contributed by atoms with Crippen LogP contribution in [0.2, 0.25) is 0 Å². The maximum absolute atomic E-state index is 13.2. The number of anilines is 2. The first-order valence-electron chi connectivity index (χ1n) is 11.4. The van der Waals surface area contributed by atoms with Crippen LogP contribution < -0.4 is 10.2 Å². The monoisotopic (exact) mass is 450 g/mol. The van der Waals surface area contributed by atoms with Crippen LogP contribution in [0.5, 0.6) is 0 Å². The molecule has 0 aliphatic carbocycles. The quantitative estimate of drug-likeness (QED) is 0.472. The van der Waals surface area contributed by atoms with Crippen molar-refractivity contribution in [3.63, 3.8) is 0 Å². The molecule has 0 fully saturated rings. The van der Waals surface area contributed by atoms with Gasteiger partial charge in [0, 0.05) is 19.6 Å². The normalized spacial score (nSPS) is 15.1. The third-order valence-corrected chi connectivity index (χ3v) is 6.03. The number of hydrogen-bond donors (Lipinski definition) is 2. The minimum absolute atomic E-state index is 0.0145. The Balaban J connectivity index is 1.85. The number of aryl methyl sites for hydroxylation is 2. The van der Waals surface area contributed by atoms with E-state index >= 15 is 0 Å². The number of imidazole rings is 1. The van der Waals surface area contributed by atoms with Crippen molar-refractivity contribution in [2.75, 3.05) is 23.3 Å². The number of allylic oxidation sites excluding steroid dienone is 1. The Morgan fingerprint density at radius 3 is 2.76 bits per heavy atom. The van der Waals surface area contributed by atoms with Crippen molar-refractivity contribution < 1.29 is 14.7 Å². The fraction of sp³-hybridized carbons (Fsp3) is 0.417. The van der Waals surface area contributed by atoms with E-state index in [-0.39, 0.29) is 17.5 Å². The number of hydrogen-bond acceptors (Lipinski definition) is 5. The summed E-state index contributed by atoms with van der Waals surface area (Å²) in [6, 6.07) is 5.05. The molecule has 2 aromatic heterocycles. The molecule has 0 saturated heterocycles. The van der Waals surface area contributed by atoms with Crippen LogP contribution in [0.1, 0.15) is 65.7 Å². The van der Waals surface area contributed by atoms with E-state index in [4.69, 9.17) is 0 Å². The van der Waals surface area contributed by atoms with Crippen molar-refractivity contribution in [3.05, 3.63) is 47.8 Å². The molecule has 1 aliphatic rings. The van der Waals surface area contributed by atoms with Crippen LogP contribution in [0.15, 0.2) is 30.9 Å². The minimum atomic E-state index is -1.00. The number of carbonyl (C=O) groups is 2. The summed E-state index contributed by atoms with van der Waals surface area (Å²) in [6.07, 6.45) is 4.60. The van der Waals surface area contributed by atoms with Crippen LogP contribution in [-0.2, 0) is 6.54 Å². The number of aromatic carboxylic acids is 1. The summed E-state index contributed by atoms with van der Waals surface area (Å²) in [6.45, 7) is 11.9. The standard InChI is InChI=1S/C24H30N6O3/c1-5-8-10-28-14-17(9-6-2)30-21-18(12-16(23(32)33)13-19(21)28)25-24(30)26-22(31)20-11-15(4)27-29(20)7-3/h6,11-13,17H,2,5,7-10,14H2,1,3-4H3,(H,32,33)(H,25,26,31)/t17-/m0/s1. The van der Waals surface area contributed by atoms with Crippen LogP contribution in [0.3, 0.4) is 0 Å². The Bertz CT molecular complexity index is 1220. The number of nitrogens with one attached hydrogen (secondary N) is 1. The van der Waals surface area contributed by atoms with E-state index in [0.29, 0.717) is 36.7 Å². The van der Waals surface area contributed by atoms with Crippen LogP contribution in [0.4, 0.5) is 11.6 Å². The first kappa shape index (κ1) is 22.6. The molecule has 0 unspecified atom stereocenters. The molecule has 1 aromatic carbocycles. The molecule has 174 valence electrons. The second kappa shape index (κ2) is 9.09. The van der Waals surface area contributed by atoms with Crippen LogP contribution in [0.25, 0.3) is 11.0 Å². The summed E-state index contributed by atoms with van der Waals surface area (Å²) < 4.78 is 3.68. The molecule has 1 atom stereocenters. The molecule has 33 heavy (non-hydrogen) atoms. The number of benzene rings is 1. The van der Waals surface area contributed by atoms with Gasteiger partial charge in [-0.1, -0.05) is 19.4 Å². The van der Waals surface area contributed by atoms with E-state index < -0.39 is 5.97 Å². The van der Waals surface area contributed by atoms with Gasteiger partial charge in [-0.05, 0) is 44.9 Å². The van der Waals surface area contributed by atoms with Crippen LogP contribution in [0, 0.1) is 6.92 Å². The first-order chi connectivity index (χ1) is 15.9. The number of carboxylic acids is 1. The maximum Gasteiger partial charge on any atom is 0.335 e. The highest BCUT2D eigenvalue weighted by atomic mass is 16.4. The van der Waals surface area contributed by atoms with Gasteiger partial charge in [0.1, 0.15) is 5.69 Å². The third-order valence-electron chi connectivity index (χ3n) is 6.03. The van der Waals surface area contributed by atoms with Crippen molar-refractivity contribution in [2.24, 2.45) is 0 Å². The number of rotatable bonds is 9. The summed E-state index contributed by atoms with van der Waals surface area (Å²) in [5.74, 6) is -0.892. The molecule has 9 heteroatoms. The van der Waals surface area contributed by atoms with Gasteiger partial charge in [0.25, 0.3) is 5.91 Å². The van der Waals surface area contributed by atoms with Crippen molar-refractivity contribution in [1.82, 2.24) is 19.3 Å². The van der Waals surface area contributed by atoms with Gasteiger partial charge >= 0.3 is 5.97 Å². The van der Waals surface area contributed by atoms with E-state index in [0.717, 1.165) is 36.3 Å². The highest BCUT2D eigenvalue weighted by Gasteiger charge is 2.31. The first-order valence-corrected chi connectivity index (χ1v) is 11.4. The summed E-state index contributed by atoms with van der Waals surface area (Å²) in [7, 11) is 0. The summed E-state index contributed by atoms with van der Waals surface area (Å²) >= 11 is 0. The van der Waals surface area contributed by atoms with Gasteiger partial charge < -0.3 is 14.6 Å². The molecule has 0 saturated carbocycles. The Morgan fingerprint density at radius 1 is 1.30 bits per heavy atom. The van der Waals surface area contributed by atoms with E-state index in [9.17, 15) is 14.7 Å². The minimum Gasteiger partial charge on any atom is -0.478 e. The molecular weight excluding hydrogens is 420 g/mol. The zero-order valence-corrected chi connectivity index (χ0v) is 19.3. The highest BCUT2D eigenvalue weighted by molar-refractivity contribution is 6.05. The van der Waals surface area contributed by atoms with Gasteiger partial charge in [0.15, 0.2) is 0 Å². The summed E-state index contributed by atoms with van der Waals surface area (Å²) in [5, 5.41) is 17.0. The lowest BCUT2D eigenvalue weighted by Crippen LogP contribution is -2.36. The van der Waals surface area contributed by atoms with Gasteiger partial charge in [-0.25, -0.2) is 9.78 Å². The zero-order chi connectivity index (χ0) is 23.7. The third kappa shape index (κ3) is 4.10. The largest absolute Gasteiger partial charge is 0.478 e. The van der Waals surface area contributed by atoms with Gasteiger partial charge in [-0.15, -0.1) is 6.58 Å². The second-order valence-corrected chi connectivity index (χ2v) is 8.39. The van der Waals surface area contributed by atoms with E-state index in [1.165, 1.54) is 0 Å². The Kier molecular flexibility index (Phi) is 6.22. The molecule has 3 heterocycles. The smallest absolute Gasteiger partial charge is 0.335 e. The maximum atomic E-state index is 13.2. The molecule has 0 spiro atoms. The second-order valence-electron chi connectivity index (χ2n) is 8.39. The number of amides is 1. The van der Waals surface area contributed by atoms with Crippen molar-refractivity contribution in [2.45, 2.75) is 52.6 Å². The Morgan fingerprint density at radius 2 is 2.09 bits per heavy atom. The molecule has 1 aliphatic heterocycles. The molecule has 1 amide bonds. The number of carbonyl (C=O) groups excluding carboxylic acids is 1. The predicted molar refractivity (Wildman–Crippen MR) is 128 cm³/mol.